The van der Waals surface area contributed by atoms with Crippen LogP contribution in [0.4, 0.5) is 11.6 Å². The summed E-state index contributed by atoms with van der Waals surface area (Å²) < 4.78 is 12.3. The molecule has 0 radical (unpaired) electrons. The van der Waals surface area contributed by atoms with Crippen molar-refractivity contribution in [3.05, 3.63) is 116 Å². The van der Waals surface area contributed by atoms with Crippen molar-refractivity contribution in [3.8, 4) is 5.75 Å². The molecule has 534 valence electrons. The maximum Gasteiger partial charge on any atom is 0.327 e. The van der Waals surface area contributed by atoms with Crippen molar-refractivity contribution in [1.29, 1.82) is 5.41 Å². The molecule has 3 aromatic heterocycles. The molecule has 6 atom stereocenters. The zero-order chi connectivity index (χ0) is 73.3. The number of nitrogens with two attached hydrogens (primary N) is 2. The highest BCUT2D eigenvalue weighted by Crippen LogP contribution is 2.31. The molecule has 0 spiro atoms. The van der Waals surface area contributed by atoms with Gasteiger partial charge in [0, 0.05) is 64.0 Å². The molecule has 3 aromatic carbocycles. The van der Waals surface area contributed by atoms with Gasteiger partial charge in [-0.1, -0.05) is 33.2 Å². The van der Waals surface area contributed by atoms with E-state index in [9.17, 15) is 87.9 Å². The lowest BCUT2D eigenvalue weighted by Crippen LogP contribution is -2.59. The first-order valence-electron chi connectivity index (χ1n) is 30.2. The molecule has 6 rings (SSSR count). The highest BCUT2D eigenvalue weighted by Gasteiger charge is 2.35. The van der Waals surface area contributed by atoms with Crippen LogP contribution in [0.25, 0.3) is 22.1 Å². The number of nitrogens with one attached hydrogen (secondary N) is 10. The Hall–Kier alpha value is -11.1. The van der Waals surface area contributed by atoms with Gasteiger partial charge in [-0.3, -0.25) is 67.7 Å². The average molecular weight is 1450 g/mol. The lowest BCUT2D eigenvalue weighted by molar-refractivity contribution is -0.144. The second kappa shape index (κ2) is 37.6. The van der Waals surface area contributed by atoms with Crippen molar-refractivity contribution in [2.45, 2.75) is 101 Å². The van der Waals surface area contributed by atoms with Gasteiger partial charge in [-0.2, -0.15) is 4.98 Å². The average Bonchev–Trinajstić information content (AvgIpc) is 1.60. The predicted molar refractivity (Wildman–Crippen MR) is 361 cm³/mol. The quantitative estimate of drug-likeness (QED) is 0.00778. The number of benzene rings is 3. The molecule has 6 amide bonds. The van der Waals surface area contributed by atoms with Crippen LogP contribution in [0, 0.1) is 12.3 Å². The maximum absolute atomic E-state index is 14.0. The number of nitrogens with zero attached hydrogens (tertiary/aromatic N) is 4. The minimum Gasteiger partial charge on any atom is -0.497 e. The van der Waals surface area contributed by atoms with E-state index in [2.05, 4.69) is 57.2 Å². The predicted octanol–water partition coefficient (Wildman–Crippen LogP) is -0.245. The summed E-state index contributed by atoms with van der Waals surface area (Å²) in [5.41, 5.74) is 13.0. The number of aliphatic hydroxyl groups is 1. The fourth-order valence-corrected chi connectivity index (χ4v) is 11.7. The summed E-state index contributed by atoms with van der Waals surface area (Å²) >= 11 is 6.04. The van der Waals surface area contributed by atoms with Gasteiger partial charge in [-0.25, -0.2) is 19.6 Å². The minimum atomic E-state index is -2.12. The van der Waals surface area contributed by atoms with Gasteiger partial charge in [0.2, 0.25) is 35.5 Å². The third kappa shape index (κ3) is 23.3. The standard InChI is InChI=1S/C61H71ClN16O20S2/c1-29-36(37-22-35(97-2)13-15-44(37)78(29)57(92)31-5-9-32(62)10-6-31)23-48(85)98-20-21-99-100-28-43(59(95)96)75-55(90)42(25-47(83)84)74-54(89)41(24-46(81)82)73-52(87)38(4-3-18-66-60(63)64)71-53(88)39(17-19-79)70-45(80)16-14-40(58(93)94)72-51(86)30-7-11-33(12-8-30)67-26-34-27-68-50-49(69-34)56(91)77-61(65)76-50/h5-13,15,22,27,38-43,67,79H,3-4,14,16-21,23-26,28H2,1-2H3,(H,70,80)(H,71,88)(H,72,86)(H,73,87)(H,74,89)(H,75,90)(H,81,82)(H,83,84)(H,93,94)(H,95,96)(H4,63,64,66)(H3,65,68,76,77,91). The van der Waals surface area contributed by atoms with Crippen LogP contribution >= 0.6 is 33.2 Å². The van der Waals surface area contributed by atoms with Crippen molar-refractivity contribution in [2.24, 2.45) is 5.73 Å². The number of carbonyl (C=O) groups excluding carboxylic acids is 8. The molecule has 6 aromatic rings. The second-order valence-electron chi connectivity index (χ2n) is 21.8. The molecular weight excluding hydrogens is 1380 g/mol. The Morgan fingerprint density at radius 1 is 0.730 bits per heavy atom. The van der Waals surface area contributed by atoms with E-state index in [4.69, 9.17) is 38.0 Å². The van der Waals surface area contributed by atoms with Crippen LogP contribution in [-0.4, -0.2) is 202 Å². The van der Waals surface area contributed by atoms with Gasteiger partial charge in [-0.15, -0.1) is 0 Å². The zero-order valence-corrected chi connectivity index (χ0v) is 55.7. The molecule has 36 nitrogen and oxygen atoms in total. The lowest BCUT2D eigenvalue weighted by atomic mass is 10.1. The second-order valence-corrected chi connectivity index (χ2v) is 24.9. The minimum absolute atomic E-state index is 0.0182. The first-order valence-corrected chi connectivity index (χ1v) is 33.1. The van der Waals surface area contributed by atoms with E-state index < -0.39 is 152 Å². The van der Waals surface area contributed by atoms with E-state index in [0.29, 0.717) is 49.9 Å². The highest BCUT2D eigenvalue weighted by atomic mass is 35.5. The third-order valence-corrected chi connectivity index (χ3v) is 17.2. The monoisotopic (exact) mass is 1450 g/mol. The SMILES string of the molecule is COc1ccc2c(c1)c(CC(=O)OCCSSCC(NC(=O)C(CC(=O)O)NC(=O)C(CC(=O)O)NC(=O)C(CCCNC(=N)N)NC(=O)C(CCO)NC(=O)CCC(NC(=O)c1ccc(NCc3cnc4nc(N)[nH]c(=O)c4n3)cc1)C(=O)O)C(=O)O)c(C)n2C(=O)c1ccc(Cl)cc1. The van der Waals surface area contributed by atoms with Gasteiger partial charge >= 0.3 is 29.8 Å². The molecule has 19 N–H and O–H groups in total. The largest absolute Gasteiger partial charge is 0.497 e. The van der Waals surface area contributed by atoms with Crippen LogP contribution in [0.5, 0.6) is 5.75 Å². The fourth-order valence-electron chi connectivity index (χ4n) is 9.61. The Morgan fingerprint density at radius 2 is 1.33 bits per heavy atom. The summed E-state index contributed by atoms with van der Waals surface area (Å²) in [6.45, 7) is 0.772. The molecule has 0 aliphatic heterocycles. The number of anilines is 2. The van der Waals surface area contributed by atoms with Crippen molar-refractivity contribution in [3.63, 3.8) is 0 Å². The number of H-pyrrole nitrogens is 1. The van der Waals surface area contributed by atoms with E-state index in [1.807, 2.05) is 5.32 Å². The third-order valence-electron chi connectivity index (χ3n) is 14.6. The Bertz CT molecular complexity index is 4110. The number of carboxylic acid groups (broad SMARTS) is 4. The molecule has 0 fully saturated rings. The Kier molecular flexibility index (Phi) is 29.3. The molecule has 0 bridgehead atoms. The van der Waals surface area contributed by atoms with E-state index in [1.165, 1.54) is 42.1 Å². The molecule has 100 heavy (non-hydrogen) atoms. The van der Waals surface area contributed by atoms with Crippen LogP contribution in [0.15, 0.2) is 77.7 Å². The smallest absolute Gasteiger partial charge is 0.327 e. The number of ether oxygens (including phenoxy) is 2. The number of hydrogen-bond acceptors (Lipinski definition) is 24. The zero-order valence-electron chi connectivity index (χ0n) is 53.3. The number of rotatable bonds is 39. The van der Waals surface area contributed by atoms with Gasteiger partial charge in [0.1, 0.15) is 48.6 Å². The van der Waals surface area contributed by atoms with Crippen LogP contribution in [0.2, 0.25) is 5.02 Å². The summed E-state index contributed by atoms with van der Waals surface area (Å²) in [5, 5.41) is 76.7. The highest BCUT2D eigenvalue weighted by molar-refractivity contribution is 8.76. The molecule has 6 unspecified atom stereocenters. The molecule has 3 heterocycles. The number of carbonyl (C=O) groups is 12. The van der Waals surface area contributed by atoms with Crippen molar-refractivity contribution in [1.82, 2.24) is 61.7 Å². The number of amides is 6. The summed E-state index contributed by atoms with van der Waals surface area (Å²) in [6, 6.07) is 6.11. The number of nitrogen functional groups attached to an aromatic ring is 1. The van der Waals surface area contributed by atoms with Gasteiger partial charge in [0.05, 0.1) is 50.3 Å². The normalized spacial score (nSPS) is 12.8. The van der Waals surface area contributed by atoms with Gasteiger partial charge in [0.15, 0.2) is 17.1 Å². The Labute approximate surface area is 579 Å². The first kappa shape index (κ1) is 77.9. The van der Waals surface area contributed by atoms with Crippen LogP contribution < -0.4 is 64.3 Å². The van der Waals surface area contributed by atoms with E-state index in [1.54, 1.807) is 49.4 Å². The number of methoxy groups -OCH3 is 1. The van der Waals surface area contributed by atoms with Gasteiger partial charge < -0.3 is 89.0 Å². The number of aromatic nitrogens is 5. The number of fused-ring (bicyclic) bond motifs is 2. The van der Waals surface area contributed by atoms with E-state index in [0.717, 1.165) is 21.6 Å². The fraction of sp³-hybridized carbons (Fsp3) is 0.361. The number of aliphatic hydroxyl groups excluding tert-OH is 1. The molecule has 0 saturated carbocycles. The van der Waals surface area contributed by atoms with Crippen LogP contribution in [0.3, 0.4) is 0 Å². The number of carboxylic acids is 4. The number of halogens is 1. The molecule has 0 saturated heterocycles. The van der Waals surface area contributed by atoms with Gasteiger partial charge in [-0.05, 0) is 105 Å². The van der Waals surface area contributed by atoms with Gasteiger partial charge in [0.25, 0.3) is 17.4 Å². The molecular formula is C61H71ClN16O20S2. The van der Waals surface area contributed by atoms with Crippen LogP contribution in [0.1, 0.15) is 82.6 Å². The number of esters is 1. The van der Waals surface area contributed by atoms with Crippen molar-refractivity contribution < 1.29 is 92.5 Å². The van der Waals surface area contributed by atoms with E-state index in [-0.39, 0.29) is 79.0 Å². The van der Waals surface area contributed by atoms with E-state index >= 15 is 0 Å². The number of hydrogen-bond donors (Lipinski definition) is 17. The number of aliphatic carboxylic acids is 4. The first-order chi connectivity index (χ1) is 47.5. The topological polar surface area (TPSA) is 573 Å². The number of guanidine groups is 1. The van der Waals surface area contributed by atoms with Crippen molar-refractivity contribution in [2.75, 3.05) is 49.4 Å². The number of aromatic amines is 1. The molecule has 0 aliphatic rings. The lowest BCUT2D eigenvalue weighted by Gasteiger charge is -2.26. The summed E-state index contributed by atoms with van der Waals surface area (Å²) in [5.74, 6) is -15.0. The van der Waals surface area contributed by atoms with Crippen LogP contribution in [-0.2, 0) is 65.6 Å². The summed E-state index contributed by atoms with van der Waals surface area (Å²) in [6.07, 6.45) is -3.33. The molecule has 0 aliphatic carbocycles. The Morgan fingerprint density at radius 3 is 1.93 bits per heavy atom. The maximum atomic E-state index is 14.0. The molecule has 39 heteroatoms. The summed E-state index contributed by atoms with van der Waals surface area (Å²) in [4.78, 5) is 184. The van der Waals surface area contributed by atoms with Crippen molar-refractivity contribution >= 4 is 144 Å². The Balaban J connectivity index is 1.01. The summed E-state index contributed by atoms with van der Waals surface area (Å²) in [7, 11) is 3.41.